The van der Waals surface area contributed by atoms with Crippen molar-refractivity contribution in [3.8, 4) is 0 Å². The molecule has 0 saturated carbocycles. The predicted molar refractivity (Wildman–Crippen MR) is 72.0 cm³/mol. The van der Waals surface area contributed by atoms with Crippen LogP contribution in [0.4, 0.5) is 0 Å². The summed E-state index contributed by atoms with van der Waals surface area (Å²) in [6.45, 7) is 7.05. The quantitative estimate of drug-likeness (QED) is 0.592. The predicted octanol–water partition coefficient (Wildman–Crippen LogP) is -1.07. The summed E-state index contributed by atoms with van der Waals surface area (Å²) in [6, 6.07) is 0. The van der Waals surface area contributed by atoms with Crippen LogP contribution < -0.4 is 5.32 Å². The van der Waals surface area contributed by atoms with E-state index in [0.29, 0.717) is 26.1 Å². The Morgan fingerprint density at radius 3 is 2.56 bits per heavy atom. The van der Waals surface area contributed by atoms with Crippen LogP contribution in [0.5, 0.6) is 0 Å². The van der Waals surface area contributed by atoms with Crippen LogP contribution in [-0.2, 0) is 10.0 Å². The van der Waals surface area contributed by atoms with Crippen LogP contribution in [0.2, 0.25) is 0 Å². The summed E-state index contributed by atoms with van der Waals surface area (Å²) in [5.74, 6) is 0.173. The van der Waals surface area contributed by atoms with Crippen molar-refractivity contribution in [1.29, 1.82) is 0 Å². The zero-order valence-corrected chi connectivity index (χ0v) is 12.0. The van der Waals surface area contributed by atoms with Crippen LogP contribution in [0, 0.1) is 0 Å². The molecule has 0 aromatic rings. The molecule has 1 saturated heterocycles. The van der Waals surface area contributed by atoms with E-state index in [1.165, 1.54) is 4.31 Å². The molecule has 0 amide bonds. The van der Waals surface area contributed by atoms with Gasteiger partial charge < -0.3 is 10.4 Å². The van der Waals surface area contributed by atoms with Gasteiger partial charge in [-0.05, 0) is 6.42 Å². The van der Waals surface area contributed by atoms with Crippen LogP contribution >= 0.6 is 0 Å². The number of aliphatic hydroxyl groups is 1. The number of hydrogen-bond donors (Lipinski definition) is 2. The monoisotopic (exact) mass is 279 g/mol. The molecule has 0 aromatic heterocycles. The summed E-state index contributed by atoms with van der Waals surface area (Å²) in [6.07, 6.45) is 0.501. The van der Waals surface area contributed by atoms with Gasteiger partial charge in [0.15, 0.2) is 0 Å². The highest BCUT2D eigenvalue weighted by atomic mass is 32.2. The Balaban J connectivity index is 2.40. The van der Waals surface area contributed by atoms with E-state index in [1.807, 2.05) is 6.92 Å². The van der Waals surface area contributed by atoms with Gasteiger partial charge in [-0.25, -0.2) is 12.7 Å². The first kappa shape index (κ1) is 15.8. The molecule has 0 spiro atoms. The second kappa shape index (κ2) is 8.06. The molecule has 108 valence electrons. The molecule has 1 rings (SSSR count). The van der Waals surface area contributed by atoms with Crippen molar-refractivity contribution in [2.75, 3.05) is 58.2 Å². The molecule has 1 fully saturated rings. The zero-order chi connectivity index (χ0) is 13.4. The van der Waals surface area contributed by atoms with Crippen LogP contribution in [0.1, 0.15) is 13.3 Å². The SMILES string of the molecule is CCN(CCCO)S(=O)(=O)CCN1CCNCC1. The molecule has 0 atom stereocenters. The maximum atomic E-state index is 12.1. The first-order valence-electron chi connectivity index (χ1n) is 6.62. The van der Waals surface area contributed by atoms with Gasteiger partial charge in [0.25, 0.3) is 0 Å². The second-order valence-electron chi connectivity index (χ2n) is 4.48. The van der Waals surface area contributed by atoms with E-state index in [1.54, 1.807) is 0 Å². The maximum absolute atomic E-state index is 12.1. The number of aliphatic hydroxyl groups excluding tert-OH is 1. The van der Waals surface area contributed by atoms with Gasteiger partial charge in [0, 0.05) is 52.4 Å². The highest BCUT2D eigenvalue weighted by molar-refractivity contribution is 7.89. The zero-order valence-electron chi connectivity index (χ0n) is 11.1. The van der Waals surface area contributed by atoms with Gasteiger partial charge in [-0.2, -0.15) is 0 Å². The van der Waals surface area contributed by atoms with Gasteiger partial charge in [0.1, 0.15) is 0 Å². The van der Waals surface area contributed by atoms with Crippen molar-refractivity contribution in [3.05, 3.63) is 0 Å². The fourth-order valence-corrected chi connectivity index (χ4v) is 3.60. The Bertz CT molecular complexity index is 315. The fraction of sp³-hybridized carbons (Fsp3) is 1.00. The lowest BCUT2D eigenvalue weighted by molar-refractivity contribution is 0.251. The lowest BCUT2D eigenvalue weighted by Crippen LogP contribution is -2.46. The molecular weight excluding hydrogens is 254 g/mol. The number of rotatable bonds is 8. The minimum atomic E-state index is -3.18. The average molecular weight is 279 g/mol. The van der Waals surface area contributed by atoms with Crippen LogP contribution in [0.3, 0.4) is 0 Å². The molecule has 0 radical (unpaired) electrons. The number of nitrogens with one attached hydrogen (secondary N) is 1. The van der Waals surface area contributed by atoms with Crippen molar-refractivity contribution >= 4 is 10.0 Å². The number of nitrogens with zero attached hydrogens (tertiary/aromatic N) is 2. The van der Waals surface area contributed by atoms with Crippen LogP contribution in [0.25, 0.3) is 0 Å². The number of piperazine rings is 1. The van der Waals surface area contributed by atoms with Gasteiger partial charge in [0.2, 0.25) is 10.0 Å². The van der Waals surface area contributed by atoms with Gasteiger partial charge in [-0.1, -0.05) is 6.92 Å². The highest BCUT2D eigenvalue weighted by Crippen LogP contribution is 2.04. The van der Waals surface area contributed by atoms with Crippen molar-refractivity contribution in [1.82, 2.24) is 14.5 Å². The molecule has 2 N–H and O–H groups in total. The van der Waals surface area contributed by atoms with Gasteiger partial charge in [-0.15, -0.1) is 0 Å². The maximum Gasteiger partial charge on any atom is 0.215 e. The lowest BCUT2D eigenvalue weighted by Gasteiger charge is -2.28. The molecule has 7 heteroatoms. The van der Waals surface area contributed by atoms with Crippen LogP contribution in [-0.4, -0.2) is 80.9 Å². The van der Waals surface area contributed by atoms with E-state index in [4.69, 9.17) is 5.11 Å². The summed E-state index contributed by atoms with van der Waals surface area (Å²) >= 11 is 0. The highest BCUT2D eigenvalue weighted by Gasteiger charge is 2.21. The van der Waals surface area contributed by atoms with Crippen molar-refractivity contribution in [2.45, 2.75) is 13.3 Å². The molecule has 6 nitrogen and oxygen atoms in total. The Kier molecular flexibility index (Phi) is 7.10. The first-order chi connectivity index (χ1) is 8.60. The Morgan fingerprint density at radius 2 is 2.00 bits per heavy atom. The molecule has 1 aliphatic heterocycles. The van der Waals surface area contributed by atoms with Gasteiger partial charge in [-0.3, -0.25) is 4.90 Å². The molecule has 0 aliphatic carbocycles. The minimum absolute atomic E-state index is 0.0316. The molecule has 1 aliphatic rings. The van der Waals surface area contributed by atoms with E-state index in [-0.39, 0.29) is 12.4 Å². The van der Waals surface area contributed by atoms with E-state index < -0.39 is 10.0 Å². The average Bonchev–Trinajstić information content (AvgIpc) is 2.38. The summed E-state index contributed by atoms with van der Waals surface area (Å²) in [4.78, 5) is 2.17. The van der Waals surface area contributed by atoms with E-state index >= 15 is 0 Å². The molecule has 0 unspecified atom stereocenters. The topological polar surface area (TPSA) is 72.9 Å². The number of hydrogen-bond acceptors (Lipinski definition) is 5. The summed E-state index contributed by atoms with van der Waals surface area (Å²) in [5.41, 5.74) is 0. The van der Waals surface area contributed by atoms with Gasteiger partial charge in [0.05, 0.1) is 5.75 Å². The Labute approximate surface area is 110 Å². The molecular formula is C11H25N3O3S. The van der Waals surface area contributed by atoms with Crippen molar-refractivity contribution in [3.63, 3.8) is 0 Å². The first-order valence-corrected chi connectivity index (χ1v) is 8.23. The molecule has 18 heavy (non-hydrogen) atoms. The van der Waals surface area contributed by atoms with Crippen LogP contribution in [0.15, 0.2) is 0 Å². The minimum Gasteiger partial charge on any atom is -0.396 e. The number of sulfonamides is 1. The molecule has 1 heterocycles. The smallest absolute Gasteiger partial charge is 0.215 e. The standard InChI is InChI=1S/C11H25N3O3S/c1-2-14(6-3-10-15)18(16,17)11-9-13-7-4-12-5-8-13/h12,15H,2-11H2,1H3. The lowest BCUT2D eigenvalue weighted by atomic mass is 10.4. The van der Waals surface area contributed by atoms with Crippen molar-refractivity contribution in [2.24, 2.45) is 0 Å². The van der Waals surface area contributed by atoms with E-state index in [2.05, 4.69) is 10.2 Å². The van der Waals surface area contributed by atoms with E-state index in [9.17, 15) is 8.42 Å². The van der Waals surface area contributed by atoms with Crippen molar-refractivity contribution < 1.29 is 13.5 Å². The normalized spacial score (nSPS) is 18.4. The third-order valence-corrected chi connectivity index (χ3v) is 5.11. The van der Waals surface area contributed by atoms with Gasteiger partial charge >= 0.3 is 0 Å². The van der Waals surface area contributed by atoms with E-state index in [0.717, 1.165) is 26.2 Å². The molecule has 0 bridgehead atoms. The third kappa shape index (κ3) is 5.19. The second-order valence-corrected chi connectivity index (χ2v) is 6.56. The Morgan fingerprint density at radius 1 is 1.33 bits per heavy atom. The summed E-state index contributed by atoms with van der Waals surface area (Å²) in [5, 5.41) is 12.0. The summed E-state index contributed by atoms with van der Waals surface area (Å²) < 4.78 is 25.7. The largest absolute Gasteiger partial charge is 0.396 e. The Hall–Kier alpha value is -0.210. The summed E-state index contributed by atoms with van der Waals surface area (Å²) in [7, 11) is -3.18. The third-order valence-electron chi connectivity index (χ3n) is 3.19. The molecule has 0 aromatic carbocycles. The fourth-order valence-electron chi connectivity index (χ4n) is 2.05.